The molecular weight excluding hydrogens is 334 g/mol. The number of hydrogen-bond donors (Lipinski definition) is 1. The number of aliphatic carboxylic acids is 1. The summed E-state index contributed by atoms with van der Waals surface area (Å²) in [5, 5.41) is 8.67. The van der Waals surface area contributed by atoms with Gasteiger partial charge in [-0.05, 0) is 62.2 Å². The van der Waals surface area contributed by atoms with Crippen LogP contribution >= 0.6 is 15.9 Å². The largest absolute Gasteiger partial charge is 0.494 e. The minimum atomic E-state index is -0.959. The molecule has 0 aromatic heterocycles. The maximum absolute atomic E-state index is 10.6. The summed E-state index contributed by atoms with van der Waals surface area (Å²) in [6, 6.07) is 5.61. The number of halogens is 1. The number of benzene rings is 1. The molecule has 0 aliphatic carbocycles. The molecule has 0 amide bonds. The molecule has 0 radical (unpaired) electrons. The molecule has 0 spiro atoms. The van der Waals surface area contributed by atoms with Gasteiger partial charge in [-0.1, -0.05) is 15.9 Å². The summed E-state index contributed by atoms with van der Waals surface area (Å²) >= 11 is 3.40. The second kappa shape index (κ2) is 8.20. The van der Waals surface area contributed by atoms with Crippen molar-refractivity contribution in [2.45, 2.75) is 19.3 Å². The molecule has 1 saturated heterocycles. The van der Waals surface area contributed by atoms with E-state index in [1.807, 2.05) is 18.2 Å². The van der Waals surface area contributed by atoms with Crippen LogP contribution in [-0.2, 0) is 4.79 Å². The molecule has 1 fully saturated rings. The van der Waals surface area contributed by atoms with Gasteiger partial charge >= 0.3 is 5.97 Å². The van der Waals surface area contributed by atoms with Gasteiger partial charge < -0.3 is 14.7 Å². The maximum atomic E-state index is 10.6. The Hall–Kier alpha value is -1.33. The molecule has 1 N–H and O–H groups in total. The lowest BCUT2D eigenvalue weighted by molar-refractivity contribution is -0.131. The van der Waals surface area contributed by atoms with E-state index in [1.165, 1.54) is 25.9 Å². The first kappa shape index (κ1) is 16.0. The highest BCUT2D eigenvalue weighted by Gasteiger charge is 2.10. The Kier molecular flexibility index (Phi) is 6.26. The molecule has 4 nitrogen and oxygen atoms in total. The van der Waals surface area contributed by atoms with Crippen LogP contribution in [-0.4, -0.2) is 42.2 Å². The van der Waals surface area contributed by atoms with Crippen molar-refractivity contribution in [3.63, 3.8) is 0 Å². The summed E-state index contributed by atoms with van der Waals surface area (Å²) in [7, 11) is 0. The fraction of sp³-hybridized carbons (Fsp3) is 0.438. The summed E-state index contributed by atoms with van der Waals surface area (Å²) in [6.45, 7) is 4.19. The van der Waals surface area contributed by atoms with Gasteiger partial charge in [0.05, 0.1) is 6.61 Å². The van der Waals surface area contributed by atoms with Gasteiger partial charge in [0.15, 0.2) is 0 Å². The minimum Gasteiger partial charge on any atom is -0.494 e. The summed E-state index contributed by atoms with van der Waals surface area (Å²) in [5.74, 6) is -0.191. The average Bonchev–Trinajstić information content (AvgIpc) is 2.97. The highest BCUT2D eigenvalue weighted by molar-refractivity contribution is 9.10. The first-order valence-electron chi connectivity index (χ1n) is 7.21. The SMILES string of the molecule is O=C(O)/C=C/c1cc(OCCCN2CCCC2)ccc1Br. The molecule has 2 rings (SSSR count). The first-order valence-corrected chi connectivity index (χ1v) is 8.00. The van der Waals surface area contributed by atoms with Crippen LogP contribution in [0.1, 0.15) is 24.8 Å². The van der Waals surface area contributed by atoms with Gasteiger partial charge in [0.1, 0.15) is 5.75 Å². The van der Waals surface area contributed by atoms with E-state index in [-0.39, 0.29) is 0 Å². The van der Waals surface area contributed by atoms with E-state index in [0.717, 1.165) is 34.8 Å². The number of rotatable bonds is 7. The second-order valence-electron chi connectivity index (χ2n) is 5.11. The number of carbonyl (C=O) groups is 1. The van der Waals surface area contributed by atoms with Crippen LogP contribution in [0.3, 0.4) is 0 Å². The lowest BCUT2D eigenvalue weighted by atomic mass is 10.2. The Bertz CT molecular complexity index is 510. The van der Waals surface area contributed by atoms with Crippen molar-refractivity contribution in [2.75, 3.05) is 26.2 Å². The first-order chi connectivity index (χ1) is 10.1. The Labute approximate surface area is 133 Å². The Balaban J connectivity index is 1.82. The van der Waals surface area contributed by atoms with Crippen molar-refractivity contribution in [2.24, 2.45) is 0 Å². The van der Waals surface area contributed by atoms with Crippen molar-refractivity contribution >= 4 is 28.0 Å². The van der Waals surface area contributed by atoms with Gasteiger partial charge in [0.25, 0.3) is 0 Å². The van der Waals surface area contributed by atoms with E-state index in [4.69, 9.17) is 9.84 Å². The van der Waals surface area contributed by atoms with Crippen LogP contribution in [0.2, 0.25) is 0 Å². The lowest BCUT2D eigenvalue weighted by Gasteiger charge is -2.14. The molecule has 1 aliphatic rings. The third-order valence-corrected chi connectivity index (χ3v) is 4.18. The van der Waals surface area contributed by atoms with Gasteiger partial charge in [0.2, 0.25) is 0 Å². The maximum Gasteiger partial charge on any atom is 0.328 e. The topological polar surface area (TPSA) is 49.8 Å². The highest BCUT2D eigenvalue weighted by atomic mass is 79.9. The van der Waals surface area contributed by atoms with E-state index in [1.54, 1.807) is 6.08 Å². The molecule has 114 valence electrons. The van der Waals surface area contributed by atoms with Crippen molar-refractivity contribution < 1.29 is 14.6 Å². The molecule has 0 saturated carbocycles. The quantitative estimate of drug-likeness (QED) is 0.602. The molecule has 0 unspecified atom stereocenters. The number of hydrogen-bond acceptors (Lipinski definition) is 3. The average molecular weight is 354 g/mol. The van der Waals surface area contributed by atoms with Gasteiger partial charge in [-0.2, -0.15) is 0 Å². The van der Waals surface area contributed by atoms with Crippen LogP contribution in [0.5, 0.6) is 5.75 Å². The van der Waals surface area contributed by atoms with Crippen molar-refractivity contribution in [1.82, 2.24) is 4.90 Å². The van der Waals surface area contributed by atoms with E-state index >= 15 is 0 Å². The third-order valence-electron chi connectivity index (χ3n) is 3.46. The zero-order valence-electron chi connectivity index (χ0n) is 11.9. The fourth-order valence-electron chi connectivity index (χ4n) is 2.38. The van der Waals surface area contributed by atoms with Crippen molar-refractivity contribution in [1.29, 1.82) is 0 Å². The lowest BCUT2D eigenvalue weighted by Crippen LogP contribution is -2.21. The third kappa shape index (κ3) is 5.52. The summed E-state index contributed by atoms with van der Waals surface area (Å²) in [6.07, 6.45) is 6.32. The monoisotopic (exact) mass is 353 g/mol. The van der Waals surface area contributed by atoms with E-state index in [2.05, 4.69) is 20.8 Å². The molecule has 0 atom stereocenters. The fourth-order valence-corrected chi connectivity index (χ4v) is 2.76. The van der Waals surface area contributed by atoms with Gasteiger partial charge in [0, 0.05) is 17.1 Å². The number of ether oxygens (including phenoxy) is 1. The molecule has 1 aliphatic heterocycles. The van der Waals surface area contributed by atoms with Crippen LogP contribution in [0, 0.1) is 0 Å². The smallest absolute Gasteiger partial charge is 0.328 e. The van der Waals surface area contributed by atoms with Crippen LogP contribution in [0.15, 0.2) is 28.7 Å². The van der Waals surface area contributed by atoms with Gasteiger partial charge in [-0.3, -0.25) is 0 Å². The zero-order chi connectivity index (χ0) is 15.1. The Morgan fingerprint density at radius 3 is 2.86 bits per heavy atom. The van der Waals surface area contributed by atoms with Crippen LogP contribution in [0.25, 0.3) is 6.08 Å². The zero-order valence-corrected chi connectivity index (χ0v) is 13.5. The molecule has 1 aromatic rings. The standard InChI is InChI=1S/C16H20BrNO3/c17-15-6-5-14(12-13(15)4-7-16(19)20)21-11-3-10-18-8-1-2-9-18/h4-7,12H,1-3,8-11H2,(H,19,20)/b7-4+. The van der Waals surface area contributed by atoms with Crippen LogP contribution < -0.4 is 4.74 Å². The predicted molar refractivity (Wildman–Crippen MR) is 86.6 cm³/mol. The normalized spacial score (nSPS) is 15.7. The van der Waals surface area contributed by atoms with E-state index < -0.39 is 5.97 Å². The molecule has 21 heavy (non-hydrogen) atoms. The Morgan fingerprint density at radius 1 is 1.38 bits per heavy atom. The summed E-state index contributed by atoms with van der Waals surface area (Å²) in [4.78, 5) is 13.0. The molecular formula is C16H20BrNO3. The van der Waals surface area contributed by atoms with Crippen molar-refractivity contribution in [3.05, 3.63) is 34.3 Å². The molecule has 5 heteroatoms. The minimum absolute atomic E-state index is 0.681. The van der Waals surface area contributed by atoms with Crippen molar-refractivity contribution in [3.8, 4) is 5.75 Å². The molecule has 0 bridgehead atoms. The Morgan fingerprint density at radius 2 is 2.14 bits per heavy atom. The number of likely N-dealkylation sites (tertiary alicyclic amines) is 1. The number of nitrogens with zero attached hydrogens (tertiary/aromatic N) is 1. The predicted octanol–water partition coefficient (Wildman–Crippen LogP) is 3.41. The number of carboxylic acid groups (broad SMARTS) is 1. The second-order valence-corrected chi connectivity index (χ2v) is 5.96. The summed E-state index contributed by atoms with van der Waals surface area (Å²) in [5.41, 5.74) is 0.800. The van der Waals surface area contributed by atoms with Crippen LogP contribution in [0.4, 0.5) is 0 Å². The molecule has 1 heterocycles. The summed E-state index contributed by atoms with van der Waals surface area (Å²) < 4.78 is 6.59. The van der Waals surface area contributed by atoms with Gasteiger partial charge in [-0.25, -0.2) is 4.79 Å². The van der Waals surface area contributed by atoms with Gasteiger partial charge in [-0.15, -0.1) is 0 Å². The number of carboxylic acids is 1. The van der Waals surface area contributed by atoms with E-state index in [0.29, 0.717) is 6.61 Å². The highest BCUT2D eigenvalue weighted by Crippen LogP contribution is 2.24. The molecule has 1 aromatic carbocycles. The van der Waals surface area contributed by atoms with E-state index in [9.17, 15) is 4.79 Å².